The number of nitrogens with two attached hydrogens (primary N) is 1. The highest BCUT2D eigenvalue weighted by Gasteiger charge is 2.15. The van der Waals surface area contributed by atoms with Gasteiger partial charge in [0.15, 0.2) is 11.5 Å². The summed E-state index contributed by atoms with van der Waals surface area (Å²) in [7, 11) is 4.47. The van der Waals surface area contributed by atoms with Gasteiger partial charge < -0.3 is 30.6 Å². The molecule has 132 valence electrons. The van der Waals surface area contributed by atoms with Crippen molar-refractivity contribution in [3.63, 3.8) is 0 Å². The van der Waals surface area contributed by atoms with E-state index >= 15 is 0 Å². The van der Waals surface area contributed by atoms with Crippen LogP contribution < -0.4 is 30.6 Å². The first-order valence-corrected chi connectivity index (χ1v) is 7.26. The average Bonchev–Trinajstić information content (AvgIpc) is 2.60. The van der Waals surface area contributed by atoms with Gasteiger partial charge in [-0.1, -0.05) is 6.07 Å². The molecule has 0 bridgehead atoms. The van der Waals surface area contributed by atoms with Gasteiger partial charge in [0.05, 0.1) is 21.3 Å². The molecule has 0 spiro atoms. The van der Waals surface area contributed by atoms with E-state index in [2.05, 4.69) is 10.6 Å². The van der Waals surface area contributed by atoms with E-state index < -0.39 is 6.03 Å². The lowest BCUT2D eigenvalue weighted by atomic mass is 10.1. The highest BCUT2D eigenvalue weighted by Crippen LogP contribution is 2.40. The van der Waals surface area contributed by atoms with Crippen molar-refractivity contribution < 1.29 is 23.8 Å². The van der Waals surface area contributed by atoms with E-state index in [0.29, 0.717) is 34.2 Å². The Morgan fingerprint density at radius 2 is 1.52 bits per heavy atom. The number of hydrogen-bond acceptors (Lipinski definition) is 5. The van der Waals surface area contributed by atoms with Crippen LogP contribution >= 0.6 is 0 Å². The van der Waals surface area contributed by atoms with Gasteiger partial charge in [-0.15, -0.1) is 0 Å². The molecule has 0 saturated carbocycles. The highest BCUT2D eigenvalue weighted by molar-refractivity contribution is 6.05. The Morgan fingerprint density at radius 3 is 2.04 bits per heavy atom. The summed E-state index contributed by atoms with van der Waals surface area (Å²) in [5.41, 5.74) is 6.31. The van der Waals surface area contributed by atoms with Crippen LogP contribution in [0.25, 0.3) is 0 Å². The fourth-order valence-electron chi connectivity index (χ4n) is 2.24. The van der Waals surface area contributed by atoms with Crippen molar-refractivity contribution in [2.24, 2.45) is 5.73 Å². The lowest BCUT2D eigenvalue weighted by Crippen LogP contribution is -2.19. The summed E-state index contributed by atoms with van der Waals surface area (Å²) in [4.78, 5) is 23.4. The highest BCUT2D eigenvalue weighted by atomic mass is 16.5. The minimum atomic E-state index is -0.706. The average molecular weight is 345 g/mol. The number of urea groups is 1. The topological polar surface area (TPSA) is 112 Å². The quantitative estimate of drug-likeness (QED) is 0.744. The number of anilines is 2. The minimum Gasteiger partial charge on any atom is -0.493 e. The number of carbonyl (C=O) groups excluding carboxylic acids is 2. The maximum absolute atomic E-state index is 12.4. The molecule has 0 aromatic heterocycles. The van der Waals surface area contributed by atoms with Crippen molar-refractivity contribution in [3.05, 3.63) is 42.0 Å². The summed E-state index contributed by atoms with van der Waals surface area (Å²) in [6.07, 6.45) is 0. The molecule has 3 amide bonds. The van der Waals surface area contributed by atoms with Crippen LogP contribution in [-0.2, 0) is 0 Å². The van der Waals surface area contributed by atoms with Crippen molar-refractivity contribution in [1.82, 2.24) is 0 Å². The number of rotatable bonds is 6. The first-order valence-electron chi connectivity index (χ1n) is 7.26. The predicted molar refractivity (Wildman–Crippen MR) is 93.7 cm³/mol. The van der Waals surface area contributed by atoms with Crippen molar-refractivity contribution in [2.45, 2.75) is 0 Å². The normalized spacial score (nSPS) is 9.88. The fraction of sp³-hybridized carbons (Fsp3) is 0.176. The van der Waals surface area contributed by atoms with Gasteiger partial charge >= 0.3 is 6.03 Å². The summed E-state index contributed by atoms with van der Waals surface area (Å²) < 4.78 is 15.7. The molecule has 0 aliphatic rings. The molecule has 0 atom stereocenters. The molecule has 0 aliphatic heterocycles. The molecule has 25 heavy (non-hydrogen) atoms. The number of primary amides is 1. The van der Waals surface area contributed by atoms with E-state index in [1.165, 1.54) is 27.4 Å². The monoisotopic (exact) mass is 345 g/mol. The van der Waals surface area contributed by atoms with E-state index in [9.17, 15) is 9.59 Å². The summed E-state index contributed by atoms with van der Waals surface area (Å²) >= 11 is 0. The van der Waals surface area contributed by atoms with Crippen LogP contribution in [0, 0.1) is 0 Å². The summed E-state index contributed by atoms with van der Waals surface area (Å²) in [5, 5.41) is 5.16. The van der Waals surface area contributed by atoms with E-state index in [0.717, 1.165) is 0 Å². The zero-order chi connectivity index (χ0) is 18.4. The van der Waals surface area contributed by atoms with Crippen LogP contribution in [0.2, 0.25) is 0 Å². The molecule has 4 N–H and O–H groups in total. The van der Waals surface area contributed by atoms with Crippen LogP contribution in [0.4, 0.5) is 16.2 Å². The van der Waals surface area contributed by atoms with Crippen LogP contribution in [-0.4, -0.2) is 33.3 Å². The molecular weight excluding hydrogens is 326 g/mol. The number of hydrogen-bond donors (Lipinski definition) is 3. The van der Waals surface area contributed by atoms with Gasteiger partial charge in [-0.25, -0.2) is 4.79 Å². The molecule has 0 unspecified atom stereocenters. The van der Waals surface area contributed by atoms with Gasteiger partial charge in [0.1, 0.15) is 0 Å². The number of nitrogens with one attached hydrogen (secondary N) is 2. The van der Waals surface area contributed by atoms with Gasteiger partial charge in [0.2, 0.25) is 5.75 Å². The Morgan fingerprint density at radius 1 is 0.880 bits per heavy atom. The summed E-state index contributed by atoms with van der Waals surface area (Å²) in [5.74, 6) is 0.889. The van der Waals surface area contributed by atoms with Gasteiger partial charge in [0.25, 0.3) is 5.91 Å². The Kier molecular flexibility index (Phi) is 5.67. The number of carbonyl (C=O) groups is 2. The van der Waals surface area contributed by atoms with E-state index in [4.69, 9.17) is 19.9 Å². The third-order valence-corrected chi connectivity index (χ3v) is 3.31. The predicted octanol–water partition coefficient (Wildman–Crippen LogP) is 2.46. The van der Waals surface area contributed by atoms with Crippen LogP contribution in [0.1, 0.15) is 10.4 Å². The van der Waals surface area contributed by atoms with Crippen LogP contribution in [0.5, 0.6) is 17.2 Å². The molecule has 0 radical (unpaired) electrons. The molecule has 2 aromatic rings. The molecule has 8 nitrogen and oxygen atoms in total. The number of methoxy groups -OCH3 is 3. The molecule has 0 heterocycles. The Bertz CT molecular complexity index is 767. The lowest BCUT2D eigenvalue weighted by molar-refractivity contribution is 0.102. The van der Waals surface area contributed by atoms with Crippen LogP contribution in [0.15, 0.2) is 36.4 Å². The van der Waals surface area contributed by atoms with Gasteiger partial charge in [-0.2, -0.15) is 0 Å². The van der Waals surface area contributed by atoms with Crippen LogP contribution in [0.3, 0.4) is 0 Å². The zero-order valence-electron chi connectivity index (χ0n) is 14.1. The number of ether oxygens (including phenoxy) is 3. The minimum absolute atomic E-state index is 0.347. The second kappa shape index (κ2) is 7.91. The lowest BCUT2D eigenvalue weighted by Gasteiger charge is -2.14. The number of amides is 3. The zero-order valence-corrected chi connectivity index (χ0v) is 14.1. The van der Waals surface area contributed by atoms with Crippen molar-refractivity contribution in [2.75, 3.05) is 32.0 Å². The molecule has 2 aromatic carbocycles. The van der Waals surface area contributed by atoms with E-state index in [1.54, 1.807) is 30.3 Å². The van der Waals surface area contributed by atoms with Crippen molar-refractivity contribution in [3.8, 4) is 17.2 Å². The smallest absolute Gasteiger partial charge is 0.316 e. The van der Waals surface area contributed by atoms with Gasteiger partial charge in [0, 0.05) is 29.1 Å². The fourth-order valence-corrected chi connectivity index (χ4v) is 2.24. The standard InChI is InChI=1S/C17H19N3O5/c1-23-13-8-12(9-14(24-2)15(13)25-3)19-16(21)10-5-4-6-11(7-10)20-17(18)22/h4-9H,1-3H3,(H,19,21)(H3,18,20,22). The SMILES string of the molecule is COc1cc(NC(=O)c2cccc(NC(N)=O)c2)cc(OC)c1OC. The second-order valence-electron chi connectivity index (χ2n) is 4.94. The number of benzene rings is 2. The molecule has 0 fully saturated rings. The molecule has 8 heteroatoms. The van der Waals surface area contributed by atoms with Gasteiger partial charge in [-0.05, 0) is 18.2 Å². The maximum Gasteiger partial charge on any atom is 0.316 e. The third kappa shape index (κ3) is 4.31. The second-order valence-corrected chi connectivity index (χ2v) is 4.94. The van der Waals surface area contributed by atoms with Gasteiger partial charge in [-0.3, -0.25) is 4.79 Å². The first-order chi connectivity index (χ1) is 12.0. The Hall–Kier alpha value is -3.42. The first kappa shape index (κ1) is 17.9. The molecule has 0 saturated heterocycles. The third-order valence-electron chi connectivity index (χ3n) is 3.31. The molecule has 0 aliphatic carbocycles. The Balaban J connectivity index is 2.27. The van der Waals surface area contributed by atoms with Crippen molar-refractivity contribution in [1.29, 1.82) is 0 Å². The largest absolute Gasteiger partial charge is 0.493 e. The Labute approximate surface area is 144 Å². The summed E-state index contributed by atoms with van der Waals surface area (Å²) in [6.45, 7) is 0. The molecule has 2 rings (SSSR count). The van der Waals surface area contributed by atoms with Crippen molar-refractivity contribution >= 4 is 23.3 Å². The van der Waals surface area contributed by atoms with E-state index in [-0.39, 0.29) is 5.91 Å². The maximum atomic E-state index is 12.4. The summed E-state index contributed by atoms with van der Waals surface area (Å²) in [6, 6.07) is 8.91. The molecular formula is C17H19N3O5. The van der Waals surface area contributed by atoms with E-state index in [1.807, 2.05) is 0 Å².